The zero-order valence-corrected chi connectivity index (χ0v) is 12.0. The number of alkyl halides is 1. The molecule has 0 radical (unpaired) electrons. The Morgan fingerprint density at radius 3 is 2.74 bits per heavy atom. The minimum Gasteiger partial charge on any atom is -0.368 e. The number of halogens is 1. The lowest BCUT2D eigenvalue weighted by Crippen LogP contribution is -2.08. The molecule has 0 aliphatic rings. The van der Waals surface area contributed by atoms with E-state index in [-0.39, 0.29) is 6.10 Å². The lowest BCUT2D eigenvalue weighted by molar-refractivity contribution is 0.0564. The molecule has 1 aromatic carbocycles. The van der Waals surface area contributed by atoms with Gasteiger partial charge in [-0.1, -0.05) is 52.2 Å². The van der Waals surface area contributed by atoms with Crippen LogP contribution in [0.5, 0.6) is 0 Å². The Morgan fingerprint density at radius 1 is 1.26 bits per heavy atom. The van der Waals surface area contributed by atoms with Crippen molar-refractivity contribution in [2.45, 2.75) is 12.7 Å². The molecule has 0 aliphatic heterocycles. The van der Waals surface area contributed by atoms with Crippen LogP contribution in [0.15, 0.2) is 48.8 Å². The van der Waals surface area contributed by atoms with E-state index in [1.807, 2.05) is 36.4 Å². The summed E-state index contributed by atoms with van der Waals surface area (Å²) in [6.07, 6.45) is 8.84. The maximum absolute atomic E-state index is 5.94. The van der Waals surface area contributed by atoms with Gasteiger partial charge in [0.1, 0.15) is 0 Å². The number of hydrogen-bond acceptors (Lipinski definition) is 2. The van der Waals surface area contributed by atoms with Crippen molar-refractivity contribution in [2.24, 2.45) is 0 Å². The summed E-state index contributed by atoms with van der Waals surface area (Å²) < 4.78 is 5.94. The van der Waals surface area contributed by atoms with Crippen molar-refractivity contribution in [3.05, 3.63) is 65.5 Å². The normalized spacial score (nSPS) is 11.8. The Morgan fingerprint density at radius 2 is 2.05 bits per heavy atom. The number of rotatable bonds is 5. The van der Waals surface area contributed by atoms with Crippen molar-refractivity contribution in [1.82, 2.24) is 4.98 Å². The molecule has 0 aliphatic carbocycles. The standard InChI is InChI=1S/C16H14BrNO/c1-2-14-11-18-9-8-15(14)16(10-17)19-12-13-6-4-3-5-7-13/h1,3-9,11,16H,10,12H2. The second kappa shape index (κ2) is 7.08. The van der Waals surface area contributed by atoms with Gasteiger partial charge in [-0.3, -0.25) is 4.98 Å². The molecular weight excluding hydrogens is 302 g/mol. The zero-order valence-electron chi connectivity index (χ0n) is 10.4. The van der Waals surface area contributed by atoms with E-state index in [9.17, 15) is 0 Å². The van der Waals surface area contributed by atoms with Gasteiger partial charge < -0.3 is 4.74 Å². The molecule has 0 saturated carbocycles. The molecule has 0 amide bonds. The molecule has 3 heteroatoms. The average Bonchev–Trinajstić information content (AvgIpc) is 2.49. The van der Waals surface area contributed by atoms with Crippen molar-refractivity contribution in [2.75, 3.05) is 5.33 Å². The summed E-state index contributed by atoms with van der Waals surface area (Å²) in [4.78, 5) is 4.04. The van der Waals surface area contributed by atoms with E-state index in [1.165, 1.54) is 0 Å². The largest absolute Gasteiger partial charge is 0.368 e. The molecule has 96 valence electrons. The number of aromatic nitrogens is 1. The maximum atomic E-state index is 5.94. The third kappa shape index (κ3) is 3.66. The predicted molar refractivity (Wildman–Crippen MR) is 79.9 cm³/mol. The van der Waals surface area contributed by atoms with Gasteiger partial charge in [0, 0.05) is 28.9 Å². The second-order valence-electron chi connectivity index (χ2n) is 4.05. The molecule has 1 atom stereocenters. The van der Waals surface area contributed by atoms with E-state index in [0.717, 1.165) is 16.7 Å². The van der Waals surface area contributed by atoms with Gasteiger partial charge in [0.15, 0.2) is 0 Å². The number of ether oxygens (including phenoxy) is 1. The lowest BCUT2D eigenvalue weighted by Gasteiger charge is -2.17. The Kier molecular flexibility index (Phi) is 5.14. The molecule has 1 aromatic heterocycles. The van der Waals surface area contributed by atoms with Crippen LogP contribution in [-0.2, 0) is 11.3 Å². The molecule has 0 spiro atoms. The Hall–Kier alpha value is -1.63. The number of terminal acetylenes is 1. The first-order chi connectivity index (χ1) is 9.35. The topological polar surface area (TPSA) is 22.1 Å². The van der Waals surface area contributed by atoms with Crippen LogP contribution in [0.25, 0.3) is 0 Å². The van der Waals surface area contributed by atoms with Gasteiger partial charge >= 0.3 is 0 Å². The van der Waals surface area contributed by atoms with Crippen molar-refractivity contribution < 1.29 is 4.74 Å². The Bertz CT molecular complexity index is 562. The fourth-order valence-corrected chi connectivity index (χ4v) is 2.33. The lowest BCUT2D eigenvalue weighted by atomic mass is 10.1. The average molecular weight is 316 g/mol. The summed E-state index contributed by atoms with van der Waals surface area (Å²) in [5.41, 5.74) is 2.91. The number of pyridine rings is 1. The van der Waals surface area contributed by atoms with E-state index in [2.05, 4.69) is 26.8 Å². The van der Waals surface area contributed by atoms with Crippen LogP contribution in [0.4, 0.5) is 0 Å². The molecule has 2 nitrogen and oxygen atoms in total. The Balaban J connectivity index is 2.10. The highest BCUT2D eigenvalue weighted by Gasteiger charge is 2.14. The molecule has 0 saturated heterocycles. The quantitative estimate of drug-likeness (QED) is 0.620. The SMILES string of the molecule is C#Cc1cnccc1C(CBr)OCc1ccccc1. The van der Waals surface area contributed by atoms with Crippen LogP contribution in [0, 0.1) is 12.3 Å². The number of hydrogen-bond donors (Lipinski definition) is 0. The highest BCUT2D eigenvalue weighted by Crippen LogP contribution is 2.23. The van der Waals surface area contributed by atoms with Crippen LogP contribution < -0.4 is 0 Å². The van der Waals surface area contributed by atoms with Crippen molar-refractivity contribution >= 4 is 15.9 Å². The van der Waals surface area contributed by atoms with Crippen LogP contribution in [0.1, 0.15) is 22.8 Å². The van der Waals surface area contributed by atoms with Crippen molar-refractivity contribution in [3.8, 4) is 12.3 Å². The van der Waals surface area contributed by atoms with Gasteiger partial charge in [0.25, 0.3) is 0 Å². The van der Waals surface area contributed by atoms with Crippen LogP contribution in [0.2, 0.25) is 0 Å². The molecule has 1 unspecified atom stereocenters. The maximum Gasteiger partial charge on any atom is 0.0939 e. The fraction of sp³-hybridized carbons (Fsp3) is 0.188. The highest BCUT2D eigenvalue weighted by molar-refractivity contribution is 9.09. The molecule has 2 aromatic rings. The van der Waals surface area contributed by atoms with Gasteiger partial charge in [-0.2, -0.15) is 0 Å². The highest BCUT2D eigenvalue weighted by atomic mass is 79.9. The van der Waals surface area contributed by atoms with Crippen LogP contribution in [-0.4, -0.2) is 10.3 Å². The summed E-state index contributed by atoms with van der Waals surface area (Å²) >= 11 is 3.48. The number of nitrogens with zero attached hydrogens (tertiary/aromatic N) is 1. The first kappa shape index (κ1) is 13.8. The van der Waals surface area contributed by atoms with Gasteiger partial charge in [0.2, 0.25) is 0 Å². The van der Waals surface area contributed by atoms with E-state index < -0.39 is 0 Å². The molecule has 0 fully saturated rings. The summed E-state index contributed by atoms with van der Waals surface area (Å²) in [5.74, 6) is 2.65. The van der Waals surface area contributed by atoms with Crippen LogP contribution >= 0.6 is 15.9 Å². The molecule has 0 bridgehead atoms. The Labute approximate surface area is 122 Å². The van der Waals surface area contributed by atoms with Gasteiger partial charge in [0.05, 0.1) is 12.7 Å². The van der Waals surface area contributed by atoms with Gasteiger partial charge in [-0.05, 0) is 11.6 Å². The minimum atomic E-state index is -0.0748. The second-order valence-corrected chi connectivity index (χ2v) is 4.69. The monoisotopic (exact) mass is 315 g/mol. The molecular formula is C16H14BrNO. The first-order valence-electron chi connectivity index (χ1n) is 5.97. The van der Waals surface area contributed by atoms with E-state index >= 15 is 0 Å². The minimum absolute atomic E-state index is 0.0748. The summed E-state index contributed by atoms with van der Waals surface area (Å²) in [6.45, 7) is 0.559. The number of benzene rings is 1. The third-order valence-corrected chi connectivity index (χ3v) is 3.38. The molecule has 19 heavy (non-hydrogen) atoms. The summed E-state index contributed by atoms with van der Waals surface area (Å²) in [7, 11) is 0. The van der Waals surface area contributed by atoms with Gasteiger partial charge in [-0.15, -0.1) is 6.42 Å². The van der Waals surface area contributed by atoms with Crippen LogP contribution in [0.3, 0.4) is 0 Å². The van der Waals surface area contributed by atoms with Gasteiger partial charge in [-0.25, -0.2) is 0 Å². The third-order valence-electron chi connectivity index (χ3n) is 2.79. The van der Waals surface area contributed by atoms with E-state index in [1.54, 1.807) is 12.4 Å². The van der Waals surface area contributed by atoms with E-state index in [0.29, 0.717) is 11.9 Å². The smallest absolute Gasteiger partial charge is 0.0939 e. The summed E-state index contributed by atoms with van der Waals surface area (Å²) in [6, 6.07) is 12.0. The predicted octanol–water partition coefficient (Wildman–Crippen LogP) is 3.72. The van der Waals surface area contributed by atoms with E-state index in [4.69, 9.17) is 11.2 Å². The summed E-state index contributed by atoms with van der Waals surface area (Å²) in [5, 5.41) is 0.693. The molecule has 0 N–H and O–H groups in total. The molecule has 2 rings (SSSR count). The molecule has 1 heterocycles. The zero-order chi connectivity index (χ0) is 13.5. The first-order valence-corrected chi connectivity index (χ1v) is 7.09. The fourth-order valence-electron chi connectivity index (χ4n) is 1.80. The van der Waals surface area contributed by atoms with Crippen molar-refractivity contribution in [1.29, 1.82) is 0 Å². The van der Waals surface area contributed by atoms with Crippen molar-refractivity contribution in [3.63, 3.8) is 0 Å².